The number of nitrogens with two attached hydrogens (primary N) is 1. The summed E-state index contributed by atoms with van der Waals surface area (Å²) >= 11 is 3.32. The number of nitrogen functional groups attached to an aromatic ring is 1. The monoisotopic (exact) mass is 355 g/mol. The SMILES string of the molecule is COc1cccc(S(=O)(=O)Cc2cccc(N)c2Br)c1. The van der Waals surface area contributed by atoms with E-state index in [1.165, 1.54) is 13.2 Å². The first-order chi connectivity index (χ1) is 9.44. The van der Waals surface area contributed by atoms with Gasteiger partial charge < -0.3 is 10.5 Å². The fourth-order valence-electron chi connectivity index (χ4n) is 1.79. The summed E-state index contributed by atoms with van der Waals surface area (Å²) in [5.74, 6) is 0.393. The molecule has 0 aliphatic heterocycles. The van der Waals surface area contributed by atoms with Gasteiger partial charge in [0.1, 0.15) is 5.75 Å². The predicted molar refractivity (Wildman–Crippen MR) is 82.4 cm³/mol. The van der Waals surface area contributed by atoms with Crippen LogP contribution in [0.4, 0.5) is 5.69 Å². The summed E-state index contributed by atoms with van der Waals surface area (Å²) in [4.78, 5) is 0.228. The number of rotatable bonds is 4. The molecule has 0 amide bonds. The number of sulfone groups is 1. The Balaban J connectivity index is 2.38. The van der Waals surface area contributed by atoms with Gasteiger partial charge >= 0.3 is 0 Å². The average Bonchev–Trinajstić information content (AvgIpc) is 2.44. The normalized spacial score (nSPS) is 11.3. The van der Waals surface area contributed by atoms with Crippen molar-refractivity contribution in [3.8, 4) is 5.75 Å². The molecule has 0 radical (unpaired) electrons. The average molecular weight is 356 g/mol. The van der Waals surface area contributed by atoms with Crippen LogP contribution in [0, 0.1) is 0 Å². The highest BCUT2D eigenvalue weighted by molar-refractivity contribution is 9.10. The maximum Gasteiger partial charge on any atom is 0.182 e. The number of hydrogen-bond donors (Lipinski definition) is 1. The second-order valence-electron chi connectivity index (χ2n) is 4.26. The summed E-state index contributed by atoms with van der Waals surface area (Å²) in [5.41, 5.74) is 6.91. The zero-order valence-corrected chi connectivity index (χ0v) is 13.2. The Labute approximate surface area is 126 Å². The highest BCUT2D eigenvalue weighted by atomic mass is 79.9. The highest BCUT2D eigenvalue weighted by Crippen LogP contribution is 2.28. The summed E-state index contributed by atoms with van der Waals surface area (Å²) in [7, 11) is -1.95. The van der Waals surface area contributed by atoms with Crippen LogP contribution in [0.5, 0.6) is 5.75 Å². The largest absolute Gasteiger partial charge is 0.497 e. The number of benzene rings is 2. The molecule has 106 valence electrons. The van der Waals surface area contributed by atoms with E-state index in [0.717, 1.165) is 0 Å². The van der Waals surface area contributed by atoms with E-state index in [0.29, 0.717) is 21.5 Å². The molecular weight excluding hydrogens is 342 g/mol. The van der Waals surface area contributed by atoms with E-state index < -0.39 is 9.84 Å². The maximum atomic E-state index is 12.4. The second kappa shape index (κ2) is 5.85. The Kier molecular flexibility index (Phi) is 4.35. The van der Waals surface area contributed by atoms with E-state index in [9.17, 15) is 8.42 Å². The number of ether oxygens (including phenoxy) is 1. The molecular formula is C14H14BrNO3S. The lowest BCUT2D eigenvalue weighted by molar-refractivity contribution is 0.413. The quantitative estimate of drug-likeness (QED) is 0.855. The van der Waals surface area contributed by atoms with Crippen LogP contribution in [0.25, 0.3) is 0 Å². The van der Waals surface area contributed by atoms with Crippen molar-refractivity contribution in [3.05, 3.63) is 52.5 Å². The van der Waals surface area contributed by atoms with Crippen molar-refractivity contribution in [2.75, 3.05) is 12.8 Å². The lowest BCUT2D eigenvalue weighted by Crippen LogP contribution is -2.06. The topological polar surface area (TPSA) is 69.4 Å². The molecule has 0 saturated heterocycles. The standard InChI is InChI=1S/C14H14BrNO3S/c1-19-11-5-3-6-12(8-11)20(17,18)9-10-4-2-7-13(16)14(10)15/h2-8H,9,16H2,1H3. The Morgan fingerprint density at radius 1 is 1.20 bits per heavy atom. The molecule has 0 atom stereocenters. The van der Waals surface area contributed by atoms with E-state index in [1.54, 1.807) is 36.4 Å². The molecule has 2 rings (SSSR count). The van der Waals surface area contributed by atoms with Gasteiger partial charge in [-0.3, -0.25) is 0 Å². The third-order valence-corrected chi connectivity index (χ3v) is 5.48. The van der Waals surface area contributed by atoms with Gasteiger partial charge in [0.2, 0.25) is 0 Å². The van der Waals surface area contributed by atoms with Crippen molar-refractivity contribution in [1.82, 2.24) is 0 Å². The van der Waals surface area contributed by atoms with Crippen molar-refractivity contribution in [2.24, 2.45) is 0 Å². The maximum absolute atomic E-state index is 12.4. The van der Waals surface area contributed by atoms with Crippen molar-refractivity contribution in [3.63, 3.8) is 0 Å². The van der Waals surface area contributed by atoms with Crippen LogP contribution in [-0.2, 0) is 15.6 Å². The smallest absolute Gasteiger partial charge is 0.182 e. The molecule has 0 fully saturated rings. The number of halogens is 1. The van der Waals surface area contributed by atoms with Gasteiger partial charge in [-0.15, -0.1) is 0 Å². The van der Waals surface area contributed by atoms with Crippen LogP contribution in [-0.4, -0.2) is 15.5 Å². The summed E-state index contributed by atoms with van der Waals surface area (Å²) in [6.45, 7) is 0. The minimum Gasteiger partial charge on any atom is -0.497 e. The molecule has 0 aliphatic carbocycles. The Hall–Kier alpha value is -1.53. The van der Waals surface area contributed by atoms with Crippen LogP contribution < -0.4 is 10.5 Å². The summed E-state index contributed by atoms with van der Waals surface area (Å²) in [6, 6.07) is 11.6. The molecule has 4 nitrogen and oxygen atoms in total. The van der Waals surface area contributed by atoms with Crippen LogP contribution >= 0.6 is 15.9 Å². The lowest BCUT2D eigenvalue weighted by atomic mass is 10.2. The second-order valence-corrected chi connectivity index (χ2v) is 7.04. The number of hydrogen-bond acceptors (Lipinski definition) is 4. The van der Waals surface area contributed by atoms with E-state index >= 15 is 0 Å². The first kappa shape index (κ1) is 14.9. The van der Waals surface area contributed by atoms with Crippen LogP contribution in [0.2, 0.25) is 0 Å². The van der Waals surface area contributed by atoms with Crippen molar-refractivity contribution >= 4 is 31.5 Å². The van der Waals surface area contributed by atoms with Gasteiger partial charge in [-0.05, 0) is 45.8 Å². The molecule has 0 unspecified atom stereocenters. The molecule has 2 aromatic carbocycles. The lowest BCUT2D eigenvalue weighted by Gasteiger charge is -2.09. The molecule has 2 N–H and O–H groups in total. The number of methoxy groups -OCH3 is 1. The van der Waals surface area contributed by atoms with Crippen molar-refractivity contribution < 1.29 is 13.2 Å². The van der Waals surface area contributed by atoms with Crippen molar-refractivity contribution in [2.45, 2.75) is 10.6 Å². The zero-order chi connectivity index (χ0) is 14.8. The molecule has 2 aromatic rings. The summed E-state index contributed by atoms with van der Waals surface area (Å²) in [5, 5.41) is 0. The van der Waals surface area contributed by atoms with Crippen molar-refractivity contribution in [1.29, 1.82) is 0 Å². The minimum atomic E-state index is -3.45. The molecule has 0 saturated carbocycles. The fraction of sp³-hybridized carbons (Fsp3) is 0.143. The van der Waals surface area contributed by atoms with E-state index in [2.05, 4.69) is 15.9 Å². The molecule has 20 heavy (non-hydrogen) atoms. The Morgan fingerprint density at radius 3 is 2.60 bits per heavy atom. The van der Waals surface area contributed by atoms with Gasteiger partial charge in [-0.2, -0.15) is 0 Å². The van der Waals surface area contributed by atoms with E-state index in [-0.39, 0.29) is 10.6 Å². The van der Waals surface area contributed by atoms with E-state index in [1.807, 2.05) is 0 Å². The molecule has 0 heterocycles. The summed E-state index contributed by atoms with van der Waals surface area (Å²) in [6.07, 6.45) is 0. The van der Waals surface area contributed by atoms with Gasteiger partial charge in [0.05, 0.1) is 17.8 Å². The Bertz CT molecular complexity index is 729. The fourth-order valence-corrected chi connectivity index (χ4v) is 3.78. The highest BCUT2D eigenvalue weighted by Gasteiger charge is 2.18. The van der Waals surface area contributed by atoms with E-state index in [4.69, 9.17) is 10.5 Å². The zero-order valence-electron chi connectivity index (χ0n) is 10.8. The van der Waals surface area contributed by atoms with Gasteiger partial charge in [-0.25, -0.2) is 8.42 Å². The van der Waals surface area contributed by atoms with Crippen LogP contribution in [0.15, 0.2) is 51.8 Å². The van der Waals surface area contributed by atoms with Gasteiger partial charge in [0.25, 0.3) is 0 Å². The molecule has 0 spiro atoms. The molecule has 0 bridgehead atoms. The molecule has 0 aromatic heterocycles. The van der Waals surface area contributed by atoms with Gasteiger partial charge in [0, 0.05) is 10.2 Å². The molecule has 0 aliphatic rings. The van der Waals surface area contributed by atoms with Crippen LogP contribution in [0.1, 0.15) is 5.56 Å². The molecule has 6 heteroatoms. The minimum absolute atomic E-state index is 0.119. The van der Waals surface area contributed by atoms with Crippen LogP contribution in [0.3, 0.4) is 0 Å². The number of anilines is 1. The Morgan fingerprint density at radius 2 is 1.90 bits per heavy atom. The first-order valence-electron chi connectivity index (χ1n) is 5.84. The summed E-state index contributed by atoms with van der Waals surface area (Å²) < 4.78 is 30.5. The van der Waals surface area contributed by atoms with Gasteiger partial charge in [-0.1, -0.05) is 18.2 Å². The third kappa shape index (κ3) is 3.13. The first-order valence-corrected chi connectivity index (χ1v) is 8.28. The van der Waals surface area contributed by atoms with Gasteiger partial charge in [0.15, 0.2) is 9.84 Å². The third-order valence-electron chi connectivity index (χ3n) is 2.85. The predicted octanol–water partition coefficient (Wildman–Crippen LogP) is 3.01.